The number of nitrogens with one attached hydrogen (secondary N) is 1. The molecule has 0 aliphatic heterocycles. The maximum atomic E-state index is 12.1. The van der Waals surface area contributed by atoms with Crippen molar-refractivity contribution < 1.29 is 4.79 Å². The first-order valence-corrected chi connectivity index (χ1v) is 8.83. The number of carbonyl (C=O) groups excluding carboxylic acids is 1. The number of rotatable bonds is 5. The number of fused-ring (bicyclic) bond motifs is 1. The van der Waals surface area contributed by atoms with E-state index in [0.717, 1.165) is 36.2 Å². The highest BCUT2D eigenvalue weighted by Gasteiger charge is 2.26. The van der Waals surface area contributed by atoms with Crippen LogP contribution in [0.25, 0.3) is 10.2 Å². The molecule has 5 heteroatoms. The van der Waals surface area contributed by atoms with Gasteiger partial charge in [0.05, 0.1) is 15.2 Å². The van der Waals surface area contributed by atoms with Gasteiger partial charge < -0.3 is 11.1 Å². The summed E-state index contributed by atoms with van der Waals surface area (Å²) in [5.41, 5.74) is 7.08. The number of amides is 1. The van der Waals surface area contributed by atoms with Crippen LogP contribution in [0.5, 0.6) is 0 Å². The number of benzene rings is 1. The number of nitrogens with zero attached hydrogens (tertiary/aromatic N) is 1. The van der Waals surface area contributed by atoms with Gasteiger partial charge in [0.2, 0.25) is 5.91 Å². The number of thiazole rings is 1. The Labute approximate surface area is 135 Å². The molecule has 1 aliphatic carbocycles. The Hall–Kier alpha value is -1.46. The molecule has 3 N–H and O–H groups in total. The quantitative estimate of drug-likeness (QED) is 0.891. The van der Waals surface area contributed by atoms with Crippen molar-refractivity contribution in [3.8, 4) is 0 Å². The molecule has 3 atom stereocenters. The van der Waals surface area contributed by atoms with Gasteiger partial charge in [-0.3, -0.25) is 4.79 Å². The first-order chi connectivity index (χ1) is 10.6. The summed E-state index contributed by atoms with van der Waals surface area (Å²) in [6, 6.07) is 8.44. The topological polar surface area (TPSA) is 68.0 Å². The maximum absolute atomic E-state index is 12.1. The van der Waals surface area contributed by atoms with Gasteiger partial charge in [-0.05, 0) is 37.8 Å². The predicted octanol–water partition coefficient (Wildman–Crippen LogP) is 2.86. The van der Waals surface area contributed by atoms with Crippen LogP contribution in [0.4, 0.5) is 0 Å². The number of carbonyl (C=O) groups is 1. The number of hydrogen-bond acceptors (Lipinski definition) is 4. The molecule has 1 saturated carbocycles. The lowest BCUT2D eigenvalue weighted by Crippen LogP contribution is -2.37. The Kier molecular flexibility index (Phi) is 4.74. The summed E-state index contributed by atoms with van der Waals surface area (Å²) in [5, 5.41) is 4.17. The molecular formula is C17H23N3OS. The highest BCUT2D eigenvalue weighted by atomic mass is 32.1. The average Bonchev–Trinajstić information content (AvgIpc) is 3.04. The molecule has 1 aromatic carbocycles. The lowest BCUT2D eigenvalue weighted by Gasteiger charge is -2.17. The summed E-state index contributed by atoms with van der Waals surface area (Å²) in [6.07, 6.45) is 4.63. The molecule has 0 saturated heterocycles. The Morgan fingerprint density at radius 1 is 1.45 bits per heavy atom. The molecule has 3 rings (SSSR count). The van der Waals surface area contributed by atoms with E-state index in [1.807, 2.05) is 25.1 Å². The highest BCUT2D eigenvalue weighted by Crippen LogP contribution is 2.27. The van der Waals surface area contributed by atoms with Crippen molar-refractivity contribution in [1.29, 1.82) is 0 Å². The fourth-order valence-electron chi connectivity index (χ4n) is 3.21. The second-order valence-electron chi connectivity index (χ2n) is 6.31. The molecular weight excluding hydrogens is 294 g/mol. The van der Waals surface area contributed by atoms with Gasteiger partial charge in [0.1, 0.15) is 0 Å². The highest BCUT2D eigenvalue weighted by molar-refractivity contribution is 7.18. The van der Waals surface area contributed by atoms with Gasteiger partial charge in [0.25, 0.3) is 0 Å². The zero-order valence-corrected chi connectivity index (χ0v) is 13.7. The fraction of sp³-hybridized carbons (Fsp3) is 0.529. The minimum atomic E-state index is 0.102. The Morgan fingerprint density at radius 2 is 2.27 bits per heavy atom. The molecule has 0 bridgehead atoms. The third-order valence-electron chi connectivity index (χ3n) is 4.39. The van der Waals surface area contributed by atoms with Crippen molar-refractivity contribution in [3.63, 3.8) is 0 Å². The van der Waals surface area contributed by atoms with E-state index in [9.17, 15) is 4.79 Å². The van der Waals surface area contributed by atoms with E-state index in [4.69, 9.17) is 5.73 Å². The van der Waals surface area contributed by atoms with Crippen LogP contribution in [0.15, 0.2) is 24.3 Å². The van der Waals surface area contributed by atoms with E-state index < -0.39 is 0 Å². The van der Waals surface area contributed by atoms with Crippen LogP contribution in [-0.4, -0.2) is 23.0 Å². The summed E-state index contributed by atoms with van der Waals surface area (Å²) in [7, 11) is 0. The molecule has 1 heterocycles. The minimum absolute atomic E-state index is 0.102. The number of hydrogen-bond donors (Lipinski definition) is 2. The van der Waals surface area contributed by atoms with Crippen LogP contribution in [0.3, 0.4) is 0 Å². The van der Waals surface area contributed by atoms with Crippen LogP contribution in [-0.2, 0) is 11.2 Å². The monoisotopic (exact) mass is 317 g/mol. The molecule has 1 aromatic heterocycles. The first-order valence-electron chi connectivity index (χ1n) is 8.01. The third-order valence-corrected chi connectivity index (χ3v) is 5.45. The first kappa shape index (κ1) is 15.4. The van der Waals surface area contributed by atoms with E-state index in [0.29, 0.717) is 12.3 Å². The molecule has 1 fully saturated rings. The van der Waals surface area contributed by atoms with E-state index in [2.05, 4.69) is 16.4 Å². The molecule has 1 aliphatic rings. The second kappa shape index (κ2) is 6.75. The molecule has 22 heavy (non-hydrogen) atoms. The van der Waals surface area contributed by atoms with Gasteiger partial charge in [-0.15, -0.1) is 11.3 Å². The summed E-state index contributed by atoms with van der Waals surface area (Å²) in [6.45, 7) is 2.04. The Bertz CT molecular complexity index is 621. The van der Waals surface area contributed by atoms with Crippen LogP contribution in [0.2, 0.25) is 0 Å². The van der Waals surface area contributed by atoms with Gasteiger partial charge >= 0.3 is 0 Å². The zero-order chi connectivity index (χ0) is 15.5. The lowest BCUT2D eigenvalue weighted by molar-refractivity contribution is -0.122. The third kappa shape index (κ3) is 3.65. The van der Waals surface area contributed by atoms with Crippen molar-refractivity contribution >= 4 is 27.5 Å². The van der Waals surface area contributed by atoms with Crippen LogP contribution < -0.4 is 11.1 Å². The van der Waals surface area contributed by atoms with Gasteiger partial charge in [-0.1, -0.05) is 18.6 Å². The Morgan fingerprint density at radius 3 is 3.00 bits per heavy atom. The summed E-state index contributed by atoms with van der Waals surface area (Å²) >= 11 is 1.70. The largest absolute Gasteiger partial charge is 0.353 e. The smallest absolute Gasteiger partial charge is 0.220 e. The van der Waals surface area contributed by atoms with E-state index in [-0.39, 0.29) is 18.0 Å². The van der Waals surface area contributed by atoms with E-state index >= 15 is 0 Å². The van der Waals surface area contributed by atoms with Gasteiger partial charge in [0.15, 0.2) is 0 Å². The summed E-state index contributed by atoms with van der Waals surface area (Å²) < 4.78 is 1.20. The average molecular weight is 317 g/mol. The van der Waals surface area contributed by atoms with Crippen molar-refractivity contribution in [3.05, 3.63) is 29.3 Å². The van der Waals surface area contributed by atoms with Crippen molar-refractivity contribution in [2.45, 2.75) is 51.1 Å². The van der Waals surface area contributed by atoms with Gasteiger partial charge in [0, 0.05) is 24.9 Å². The molecule has 2 aromatic rings. The number of nitrogens with two attached hydrogens (primary N) is 1. The maximum Gasteiger partial charge on any atom is 0.220 e. The van der Waals surface area contributed by atoms with E-state index in [1.54, 1.807) is 11.3 Å². The molecule has 4 nitrogen and oxygen atoms in total. The molecule has 0 radical (unpaired) electrons. The van der Waals surface area contributed by atoms with Crippen LogP contribution in [0, 0.1) is 5.92 Å². The number of aromatic nitrogens is 1. The summed E-state index contributed by atoms with van der Waals surface area (Å²) in [5.74, 6) is 0.477. The predicted molar refractivity (Wildman–Crippen MR) is 90.9 cm³/mol. The lowest BCUT2D eigenvalue weighted by atomic mass is 9.99. The van der Waals surface area contributed by atoms with Crippen molar-refractivity contribution in [1.82, 2.24) is 10.3 Å². The normalized spacial score (nSPS) is 22.8. The number of para-hydroxylation sites is 1. The van der Waals surface area contributed by atoms with Gasteiger partial charge in [-0.2, -0.15) is 0 Å². The van der Waals surface area contributed by atoms with Crippen molar-refractivity contribution in [2.24, 2.45) is 11.7 Å². The standard InChI is InChI=1S/C17H23N3OS/c1-11(19-16(21)10-12-5-4-6-13(12)18)9-17-20-14-7-2-3-8-15(14)22-17/h2-3,7-8,11-13H,4-6,9-10,18H2,1H3,(H,19,21)/t11?,12-,13+/m0/s1. The van der Waals surface area contributed by atoms with Crippen molar-refractivity contribution in [2.75, 3.05) is 0 Å². The molecule has 118 valence electrons. The second-order valence-corrected chi connectivity index (χ2v) is 7.42. The molecule has 0 spiro atoms. The minimum Gasteiger partial charge on any atom is -0.353 e. The van der Waals surface area contributed by atoms with E-state index in [1.165, 1.54) is 4.70 Å². The molecule has 1 amide bonds. The fourth-order valence-corrected chi connectivity index (χ4v) is 4.31. The zero-order valence-electron chi connectivity index (χ0n) is 12.9. The van der Waals surface area contributed by atoms with Crippen LogP contribution in [0.1, 0.15) is 37.6 Å². The van der Waals surface area contributed by atoms with Gasteiger partial charge in [-0.25, -0.2) is 4.98 Å². The molecule has 1 unspecified atom stereocenters. The summed E-state index contributed by atoms with van der Waals surface area (Å²) in [4.78, 5) is 16.8. The SMILES string of the molecule is CC(Cc1nc2ccccc2s1)NC(=O)C[C@@H]1CCC[C@H]1N. The van der Waals surface area contributed by atoms with Crippen LogP contribution >= 0.6 is 11.3 Å². The Balaban J connectivity index is 1.53.